The molecule has 1 aliphatic rings. The molecule has 0 saturated carbocycles. The van der Waals surface area contributed by atoms with Crippen molar-refractivity contribution in [1.29, 1.82) is 0 Å². The molecule has 1 atom stereocenters. The van der Waals surface area contributed by atoms with Crippen LogP contribution in [0.5, 0.6) is 0 Å². The van der Waals surface area contributed by atoms with E-state index in [0.29, 0.717) is 25.2 Å². The van der Waals surface area contributed by atoms with E-state index < -0.39 is 0 Å². The van der Waals surface area contributed by atoms with Crippen LogP contribution in [-0.2, 0) is 9.59 Å². The third-order valence-electron chi connectivity index (χ3n) is 2.63. The zero-order valence-electron chi connectivity index (χ0n) is 8.88. The summed E-state index contributed by atoms with van der Waals surface area (Å²) in [5, 5.41) is 2.79. The fraction of sp³-hybridized carbons (Fsp3) is 0.800. The van der Waals surface area contributed by atoms with Crippen LogP contribution in [0, 0.1) is 0 Å². The van der Waals surface area contributed by atoms with Crippen molar-refractivity contribution in [2.75, 3.05) is 19.6 Å². The Balaban J connectivity index is 2.40. The van der Waals surface area contributed by atoms with Gasteiger partial charge in [0, 0.05) is 32.5 Å². The first kappa shape index (κ1) is 11.2. The number of rotatable bonds is 3. The van der Waals surface area contributed by atoms with Crippen LogP contribution in [0.4, 0.5) is 0 Å². The summed E-state index contributed by atoms with van der Waals surface area (Å²) in [4.78, 5) is 24.5. The number of nitrogens with zero attached hydrogens (tertiary/aromatic N) is 1. The molecule has 1 fully saturated rings. The van der Waals surface area contributed by atoms with Gasteiger partial charge in [0.05, 0.1) is 6.04 Å². The molecule has 1 N–H and O–H groups in total. The first-order valence-corrected chi connectivity index (χ1v) is 5.18. The van der Waals surface area contributed by atoms with E-state index in [0.717, 1.165) is 13.1 Å². The van der Waals surface area contributed by atoms with Crippen molar-refractivity contribution in [3.63, 3.8) is 0 Å². The number of nitrogens with one attached hydrogen (secondary N) is 1. The van der Waals surface area contributed by atoms with Crippen LogP contribution < -0.4 is 5.32 Å². The van der Waals surface area contributed by atoms with Crippen molar-refractivity contribution in [3.05, 3.63) is 0 Å². The minimum atomic E-state index is -0.108. The number of amides is 1. The lowest BCUT2D eigenvalue weighted by atomic mass is 10.1. The summed E-state index contributed by atoms with van der Waals surface area (Å²) in [5.41, 5.74) is 0. The Morgan fingerprint density at radius 3 is 2.57 bits per heavy atom. The van der Waals surface area contributed by atoms with E-state index >= 15 is 0 Å². The van der Waals surface area contributed by atoms with Gasteiger partial charge in [-0.25, -0.2) is 0 Å². The van der Waals surface area contributed by atoms with Gasteiger partial charge in [-0.15, -0.1) is 0 Å². The average molecular weight is 198 g/mol. The van der Waals surface area contributed by atoms with E-state index in [2.05, 4.69) is 10.2 Å². The Hall–Kier alpha value is -0.900. The molecule has 4 heteroatoms. The quantitative estimate of drug-likeness (QED) is 0.703. The smallest absolute Gasteiger partial charge is 0.237 e. The van der Waals surface area contributed by atoms with Gasteiger partial charge >= 0.3 is 0 Å². The van der Waals surface area contributed by atoms with E-state index in [1.54, 1.807) is 0 Å². The second kappa shape index (κ2) is 5.10. The number of piperidine rings is 1. The average Bonchev–Trinajstić information content (AvgIpc) is 2.18. The maximum atomic E-state index is 11.5. The van der Waals surface area contributed by atoms with Gasteiger partial charge in [-0.1, -0.05) is 0 Å². The monoisotopic (exact) mass is 198 g/mol. The van der Waals surface area contributed by atoms with Crippen LogP contribution in [0.2, 0.25) is 0 Å². The number of Topliss-reactive ketones (excluding diaryl/α,β-unsaturated/α-hetero) is 1. The number of hydrogen-bond donors (Lipinski definition) is 1. The molecule has 1 unspecified atom stereocenters. The van der Waals surface area contributed by atoms with Crippen LogP contribution in [0.15, 0.2) is 0 Å². The fourth-order valence-corrected chi connectivity index (χ4v) is 1.65. The Bertz CT molecular complexity index is 218. The molecule has 0 aromatic carbocycles. The van der Waals surface area contributed by atoms with Gasteiger partial charge in [-0.05, 0) is 13.8 Å². The highest BCUT2D eigenvalue weighted by Crippen LogP contribution is 2.09. The lowest BCUT2D eigenvalue weighted by Gasteiger charge is -2.30. The molecular weight excluding hydrogens is 180 g/mol. The van der Waals surface area contributed by atoms with Gasteiger partial charge in [0.1, 0.15) is 5.78 Å². The van der Waals surface area contributed by atoms with E-state index in [-0.39, 0.29) is 11.9 Å². The normalized spacial score (nSPS) is 20.6. The SMILES string of the molecule is CCNC(=O)C(C)N1CCC(=O)CC1. The highest BCUT2D eigenvalue weighted by Gasteiger charge is 2.24. The molecule has 0 radical (unpaired) electrons. The Morgan fingerprint density at radius 2 is 2.07 bits per heavy atom. The van der Waals surface area contributed by atoms with Crippen LogP contribution in [0.25, 0.3) is 0 Å². The molecule has 1 heterocycles. The zero-order valence-corrected chi connectivity index (χ0v) is 8.88. The summed E-state index contributed by atoms with van der Waals surface area (Å²) in [5.74, 6) is 0.367. The molecule has 1 amide bonds. The number of ketones is 1. The predicted molar refractivity (Wildman–Crippen MR) is 54.0 cm³/mol. The summed E-state index contributed by atoms with van der Waals surface area (Å²) in [6, 6.07) is -0.108. The first-order chi connectivity index (χ1) is 6.65. The molecule has 0 spiro atoms. The van der Waals surface area contributed by atoms with E-state index in [9.17, 15) is 9.59 Å². The van der Waals surface area contributed by atoms with Crippen molar-refractivity contribution >= 4 is 11.7 Å². The van der Waals surface area contributed by atoms with Gasteiger partial charge in [0.25, 0.3) is 0 Å². The first-order valence-electron chi connectivity index (χ1n) is 5.18. The molecule has 1 aliphatic heterocycles. The Kier molecular flexibility index (Phi) is 4.07. The third-order valence-corrected chi connectivity index (χ3v) is 2.63. The summed E-state index contributed by atoms with van der Waals surface area (Å²) in [7, 11) is 0. The summed E-state index contributed by atoms with van der Waals surface area (Å²) in [6.07, 6.45) is 1.17. The van der Waals surface area contributed by atoms with Crippen LogP contribution in [0.3, 0.4) is 0 Å². The number of carbonyl (C=O) groups excluding carboxylic acids is 2. The van der Waals surface area contributed by atoms with Gasteiger partial charge in [0.2, 0.25) is 5.91 Å². The van der Waals surface area contributed by atoms with Crippen LogP contribution >= 0.6 is 0 Å². The molecule has 4 nitrogen and oxygen atoms in total. The lowest BCUT2D eigenvalue weighted by molar-refractivity contribution is -0.129. The lowest BCUT2D eigenvalue weighted by Crippen LogP contribution is -2.48. The van der Waals surface area contributed by atoms with E-state index in [1.807, 2.05) is 13.8 Å². The van der Waals surface area contributed by atoms with E-state index in [1.165, 1.54) is 0 Å². The molecule has 1 saturated heterocycles. The zero-order chi connectivity index (χ0) is 10.6. The van der Waals surface area contributed by atoms with Gasteiger partial charge in [0.15, 0.2) is 0 Å². The van der Waals surface area contributed by atoms with Crippen molar-refractivity contribution in [2.24, 2.45) is 0 Å². The topological polar surface area (TPSA) is 49.4 Å². The molecule has 0 bridgehead atoms. The summed E-state index contributed by atoms with van der Waals surface area (Å²) < 4.78 is 0. The predicted octanol–water partition coefficient (Wildman–Crippen LogP) is 0.176. The van der Waals surface area contributed by atoms with Crippen molar-refractivity contribution in [2.45, 2.75) is 32.7 Å². The fourth-order valence-electron chi connectivity index (χ4n) is 1.65. The molecule has 14 heavy (non-hydrogen) atoms. The number of likely N-dealkylation sites (N-methyl/N-ethyl adjacent to an activating group) is 1. The summed E-state index contributed by atoms with van der Waals surface area (Å²) >= 11 is 0. The molecule has 0 aliphatic carbocycles. The second-order valence-electron chi connectivity index (χ2n) is 3.65. The van der Waals surface area contributed by atoms with Gasteiger partial charge < -0.3 is 5.32 Å². The number of likely N-dealkylation sites (tertiary alicyclic amines) is 1. The van der Waals surface area contributed by atoms with Crippen molar-refractivity contribution in [1.82, 2.24) is 10.2 Å². The van der Waals surface area contributed by atoms with E-state index in [4.69, 9.17) is 0 Å². The van der Waals surface area contributed by atoms with Crippen molar-refractivity contribution < 1.29 is 9.59 Å². The summed E-state index contributed by atoms with van der Waals surface area (Å²) in [6.45, 7) is 5.90. The molecule has 1 rings (SSSR count). The molecule has 0 aromatic rings. The van der Waals surface area contributed by atoms with Gasteiger partial charge in [-0.2, -0.15) is 0 Å². The molecule has 0 aromatic heterocycles. The number of hydrogen-bond acceptors (Lipinski definition) is 3. The maximum Gasteiger partial charge on any atom is 0.237 e. The highest BCUT2D eigenvalue weighted by molar-refractivity contribution is 5.82. The largest absolute Gasteiger partial charge is 0.355 e. The Labute approximate surface area is 84.7 Å². The van der Waals surface area contributed by atoms with Gasteiger partial charge in [-0.3, -0.25) is 14.5 Å². The van der Waals surface area contributed by atoms with Crippen LogP contribution in [-0.4, -0.2) is 42.3 Å². The Morgan fingerprint density at radius 1 is 1.50 bits per heavy atom. The maximum absolute atomic E-state index is 11.5. The number of carbonyl (C=O) groups is 2. The standard InChI is InChI=1S/C10H18N2O2/c1-3-11-10(14)8(2)12-6-4-9(13)5-7-12/h8H,3-7H2,1-2H3,(H,11,14). The molecular formula is C10H18N2O2. The van der Waals surface area contributed by atoms with Crippen molar-refractivity contribution in [3.8, 4) is 0 Å². The third kappa shape index (κ3) is 2.80. The second-order valence-corrected chi connectivity index (χ2v) is 3.65. The van der Waals surface area contributed by atoms with Crippen LogP contribution in [0.1, 0.15) is 26.7 Å². The molecule has 80 valence electrons. The minimum absolute atomic E-state index is 0.0573. The highest BCUT2D eigenvalue weighted by atomic mass is 16.2. The minimum Gasteiger partial charge on any atom is -0.355 e.